The maximum Gasteiger partial charge on any atom is 0.306 e. The predicted octanol–water partition coefficient (Wildman–Crippen LogP) is 18.6. The third kappa shape index (κ3) is 51.3. The molecule has 0 aliphatic heterocycles. The number of ether oxygens (including phenoxy) is 3. The molecule has 374 valence electrons. The first-order valence-corrected chi connectivity index (χ1v) is 28.4. The van der Waals surface area contributed by atoms with Crippen LogP contribution in [0, 0.1) is 5.92 Å². The smallest absolute Gasteiger partial charge is 0.306 e. The lowest BCUT2D eigenvalue weighted by Gasteiger charge is -2.18. The van der Waals surface area contributed by atoms with E-state index in [-0.39, 0.29) is 31.1 Å². The van der Waals surface area contributed by atoms with Crippen molar-refractivity contribution < 1.29 is 28.6 Å². The lowest BCUT2D eigenvalue weighted by atomic mass is 10.0. The van der Waals surface area contributed by atoms with Gasteiger partial charge in [0.05, 0.1) is 0 Å². The second-order valence-corrected chi connectivity index (χ2v) is 20.1. The molecule has 0 fully saturated rings. The van der Waals surface area contributed by atoms with Crippen molar-refractivity contribution in [1.29, 1.82) is 0 Å². The summed E-state index contributed by atoms with van der Waals surface area (Å²) < 4.78 is 16.9. The molecule has 0 aromatic carbocycles. The Morgan fingerprint density at radius 2 is 0.524 bits per heavy atom. The SMILES string of the molecule is CCCCCCCCCCCCCCCCCCC(=O)O[C@@H](COC(=O)CCCCCCCCCCCCCCC)COC(=O)CCCCCCCCCCCCCCCC(C)C. The van der Waals surface area contributed by atoms with Crippen LogP contribution in [0.1, 0.15) is 323 Å². The molecule has 0 radical (unpaired) electrons. The van der Waals surface area contributed by atoms with E-state index in [0.717, 1.165) is 63.7 Å². The van der Waals surface area contributed by atoms with Gasteiger partial charge < -0.3 is 14.2 Å². The van der Waals surface area contributed by atoms with Gasteiger partial charge in [0.25, 0.3) is 0 Å². The molecule has 0 aromatic rings. The fourth-order valence-corrected chi connectivity index (χ4v) is 8.75. The molecule has 6 nitrogen and oxygen atoms in total. The normalized spacial score (nSPS) is 12.0. The summed E-state index contributed by atoms with van der Waals surface area (Å²) in [4.78, 5) is 38.1. The van der Waals surface area contributed by atoms with E-state index in [9.17, 15) is 14.4 Å². The van der Waals surface area contributed by atoms with Crippen LogP contribution in [0.5, 0.6) is 0 Å². The topological polar surface area (TPSA) is 78.9 Å². The third-order valence-electron chi connectivity index (χ3n) is 13.0. The zero-order chi connectivity index (χ0) is 45.9. The zero-order valence-electron chi connectivity index (χ0n) is 43.0. The Kier molecular flexibility index (Phi) is 50.1. The van der Waals surface area contributed by atoms with Crippen molar-refractivity contribution >= 4 is 17.9 Å². The molecule has 0 spiro atoms. The first-order valence-electron chi connectivity index (χ1n) is 28.4. The van der Waals surface area contributed by atoms with Gasteiger partial charge in [0.2, 0.25) is 0 Å². The van der Waals surface area contributed by atoms with Crippen molar-refractivity contribution in [3.8, 4) is 0 Å². The van der Waals surface area contributed by atoms with E-state index in [2.05, 4.69) is 27.7 Å². The number of unbranched alkanes of at least 4 members (excludes halogenated alkanes) is 39. The molecule has 0 N–H and O–H groups in total. The highest BCUT2D eigenvalue weighted by Gasteiger charge is 2.19. The van der Waals surface area contributed by atoms with Crippen LogP contribution < -0.4 is 0 Å². The van der Waals surface area contributed by atoms with Gasteiger partial charge >= 0.3 is 17.9 Å². The fraction of sp³-hybridized carbons (Fsp3) is 0.947. The lowest BCUT2D eigenvalue weighted by Crippen LogP contribution is -2.30. The molecule has 0 aliphatic rings. The Morgan fingerprint density at radius 3 is 0.778 bits per heavy atom. The molecular formula is C57H110O6. The van der Waals surface area contributed by atoms with E-state index in [4.69, 9.17) is 14.2 Å². The molecule has 0 amide bonds. The molecule has 0 aromatic heterocycles. The molecule has 0 heterocycles. The van der Waals surface area contributed by atoms with Gasteiger partial charge in [-0.1, -0.05) is 285 Å². The van der Waals surface area contributed by atoms with E-state index in [1.54, 1.807) is 0 Å². The second-order valence-electron chi connectivity index (χ2n) is 20.1. The number of rotatable bonds is 52. The maximum atomic E-state index is 12.8. The van der Waals surface area contributed by atoms with Crippen LogP contribution in [0.2, 0.25) is 0 Å². The second kappa shape index (κ2) is 51.4. The highest BCUT2D eigenvalue weighted by atomic mass is 16.6. The quantitative estimate of drug-likeness (QED) is 0.0344. The van der Waals surface area contributed by atoms with Crippen molar-refractivity contribution in [3.05, 3.63) is 0 Å². The summed E-state index contributed by atoms with van der Waals surface area (Å²) in [6, 6.07) is 0. The Morgan fingerprint density at radius 1 is 0.302 bits per heavy atom. The van der Waals surface area contributed by atoms with Crippen LogP contribution in [0.15, 0.2) is 0 Å². The summed E-state index contributed by atoms with van der Waals surface area (Å²) in [6.07, 6.45) is 55.1. The van der Waals surface area contributed by atoms with Crippen molar-refractivity contribution in [2.24, 2.45) is 5.92 Å². The Hall–Kier alpha value is -1.59. The summed E-state index contributed by atoms with van der Waals surface area (Å²) >= 11 is 0. The highest BCUT2D eigenvalue weighted by molar-refractivity contribution is 5.71. The molecule has 0 saturated heterocycles. The average molecular weight is 892 g/mol. The number of hydrogen-bond donors (Lipinski definition) is 0. The summed E-state index contributed by atoms with van der Waals surface area (Å²) in [7, 11) is 0. The minimum Gasteiger partial charge on any atom is -0.462 e. The van der Waals surface area contributed by atoms with Crippen LogP contribution >= 0.6 is 0 Å². The molecule has 0 saturated carbocycles. The first-order chi connectivity index (χ1) is 30.9. The molecule has 0 rings (SSSR count). The molecule has 0 aliphatic carbocycles. The van der Waals surface area contributed by atoms with Gasteiger partial charge in [0, 0.05) is 19.3 Å². The third-order valence-corrected chi connectivity index (χ3v) is 13.0. The molecule has 6 heteroatoms. The molecule has 1 atom stereocenters. The van der Waals surface area contributed by atoms with Crippen LogP contribution in [0.3, 0.4) is 0 Å². The summed E-state index contributed by atoms with van der Waals surface area (Å²) in [5, 5.41) is 0. The summed E-state index contributed by atoms with van der Waals surface area (Å²) in [5.74, 6) is 0.00346. The standard InChI is InChI=1S/C57H110O6/c1-5-7-9-11-13-15-17-19-20-21-25-30-34-38-42-46-50-57(60)63-54(51-61-55(58)48-44-40-36-32-28-23-18-16-14-12-10-8-6-2)52-62-56(59)49-45-41-37-33-29-26-22-24-27-31-35-39-43-47-53(3)4/h53-54H,5-52H2,1-4H3/t54-/m0/s1. The maximum absolute atomic E-state index is 12.8. The Labute approximate surface area is 393 Å². The first kappa shape index (κ1) is 61.4. The fourth-order valence-electron chi connectivity index (χ4n) is 8.75. The van der Waals surface area contributed by atoms with Crippen molar-refractivity contribution in [1.82, 2.24) is 0 Å². The lowest BCUT2D eigenvalue weighted by molar-refractivity contribution is -0.167. The van der Waals surface area contributed by atoms with Gasteiger partial charge in [-0.15, -0.1) is 0 Å². The van der Waals surface area contributed by atoms with E-state index < -0.39 is 6.10 Å². The number of carbonyl (C=O) groups excluding carboxylic acids is 3. The monoisotopic (exact) mass is 891 g/mol. The van der Waals surface area contributed by atoms with E-state index in [1.165, 1.54) is 218 Å². The number of carbonyl (C=O) groups is 3. The summed E-state index contributed by atoms with van der Waals surface area (Å²) in [5.41, 5.74) is 0. The van der Waals surface area contributed by atoms with Crippen molar-refractivity contribution in [2.45, 2.75) is 329 Å². The van der Waals surface area contributed by atoms with Crippen molar-refractivity contribution in [3.63, 3.8) is 0 Å². The van der Waals surface area contributed by atoms with E-state index in [1.807, 2.05) is 0 Å². The Balaban J connectivity index is 4.30. The molecule has 0 bridgehead atoms. The minimum atomic E-state index is -0.761. The predicted molar refractivity (Wildman–Crippen MR) is 270 cm³/mol. The van der Waals surface area contributed by atoms with E-state index >= 15 is 0 Å². The van der Waals surface area contributed by atoms with Gasteiger partial charge in [-0.3, -0.25) is 14.4 Å². The van der Waals surface area contributed by atoms with Gasteiger partial charge in [0.15, 0.2) is 6.10 Å². The minimum absolute atomic E-state index is 0.0619. The van der Waals surface area contributed by atoms with Crippen LogP contribution in [0.25, 0.3) is 0 Å². The van der Waals surface area contributed by atoms with Gasteiger partial charge in [0.1, 0.15) is 13.2 Å². The van der Waals surface area contributed by atoms with Gasteiger partial charge in [-0.2, -0.15) is 0 Å². The molecule has 63 heavy (non-hydrogen) atoms. The van der Waals surface area contributed by atoms with Crippen LogP contribution in [-0.2, 0) is 28.6 Å². The zero-order valence-corrected chi connectivity index (χ0v) is 43.0. The molecular weight excluding hydrogens is 781 g/mol. The van der Waals surface area contributed by atoms with Crippen LogP contribution in [-0.4, -0.2) is 37.2 Å². The number of hydrogen-bond acceptors (Lipinski definition) is 6. The molecule has 0 unspecified atom stereocenters. The Bertz CT molecular complexity index is 949. The van der Waals surface area contributed by atoms with E-state index in [0.29, 0.717) is 19.3 Å². The van der Waals surface area contributed by atoms with Gasteiger partial charge in [-0.05, 0) is 25.2 Å². The largest absolute Gasteiger partial charge is 0.462 e. The van der Waals surface area contributed by atoms with Crippen molar-refractivity contribution in [2.75, 3.05) is 13.2 Å². The van der Waals surface area contributed by atoms with Crippen LogP contribution in [0.4, 0.5) is 0 Å². The average Bonchev–Trinajstić information content (AvgIpc) is 3.27. The highest BCUT2D eigenvalue weighted by Crippen LogP contribution is 2.18. The summed E-state index contributed by atoms with van der Waals surface area (Å²) in [6.45, 7) is 9.06. The van der Waals surface area contributed by atoms with Gasteiger partial charge in [-0.25, -0.2) is 0 Å². The number of esters is 3.